The fraction of sp³-hybridized carbons (Fsp3) is 0.111. The van der Waals surface area contributed by atoms with Crippen molar-refractivity contribution in [3.63, 3.8) is 0 Å². The van der Waals surface area contributed by atoms with Gasteiger partial charge in [0, 0.05) is 5.52 Å². The van der Waals surface area contributed by atoms with E-state index in [0.717, 1.165) is 0 Å². The zero-order chi connectivity index (χ0) is 18.0. The van der Waals surface area contributed by atoms with Crippen LogP contribution in [0.3, 0.4) is 0 Å². The van der Waals surface area contributed by atoms with E-state index in [0.29, 0.717) is 16.5 Å². The lowest BCUT2D eigenvalue weighted by atomic mass is 10.1. The van der Waals surface area contributed by atoms with Crippen molar-refractivity contribution in [1.29, 1.82) is 0 Å². The van der Waals surface area contributed by atoms with Crippen LogP contribution in [-0.4, -0.2) is 17.5 Å². The number of aryl methyl sites for hydroxylation is 1. The highest BCUT2D eigenvalue weighted by Gasteiger charge is 2.17. The number of aromatic amines is 1. The first-order valence-electron chi connectivity index (χ1n) is 7.43. The molecule has 3 aromatic rings. The Balaban J connectivity index is 1.98. The number of aromatic nitrogens is 1. The molecule has 2 N–H and O–H groups in total. The Hall–Kier alpha value is -3.22. The predicted molar refractivity (Wildman–Crippen MR) is 90.3 cm³/mol. The third kappa shape index (κ3) is 3.50. The average Bonchev–Trinajstić information content (AvgIpc) is 2.56. The maximum absolute atomic E-state index is 12.5. The van der Waals surface area contributed by atoms with Crippen LogP contribution in [0, 0.1) is 6.92 Å². The number of hydrogen-bond acceptors (Lipinski definition) is 3. The molecule has 0 saturated heterocycles. The number of rotatable bonds is 4. The Morgan fingerprint density at radius 3 is 2.68 bits per heavy atom. The summed E-state index contributed by atoms with van der Waals surface area (Å²) in [4.78, 5) is 27.3. The van der Waals surface area contributed by atoms with E-state index < -0.39 is 18.1 Å². The van der Waals surface area contributed by atoms with E-state index in [9.17, 15) is 18.4 Å². The van der Waals surface area contributed by atoms with E-state index in [1.807, 2.05) is 0 Å². The monoisotopic (exact) mass is 344 g/mol. The van der Waals surface area contributed by atoms with Crippen LogP contribution in [0.5, 0.6) is 5.75 Å². The van der Waals surface area contributed by atoms with Gasteiger partial charge in [-0.15, -0.1) is 0 Å². The quantitative estimate of drug-likeness (QED) is 0.758. The standard InChI is InChI=1S/C18H14F2N2O3/c1-10-5-4-8-14(25-18(19)20)15(10)22-17(24)12-9-11-6-2-3-7-13(11)21-16(12)23/h2-9,18H,1H3,(H,21,23)(H,22,24). The van der Waals surface area contributed by atoms with Crippen LogP contribution in [0.1, 0.15) is 15.9 Å². The molecular weight excluding hydrogens is 330 g/mol. The molecule has 1 aromatic heterocycles. The van der Waals surface area contributed by atoms with Crippen LogP contribution >= 0.6 is 0 Å². The number of nitrogens with one attached hydrogen (secondary N) is 2. The highest BCUT2D eigenvalue weighted by molar-refractivity contribution is 6.06. The Morgan fingerprint density at radius 1 is 1.16 bits per heavy atom. The van der Waals surface area contributed by atoms with Crippen molar-refractivity contribution in [3.8, 4) is 5.75 Å². The number of halogens is 2. The van der Waals surface area contributed by atoms with E-state index in [2.05, 4.69) is 15.0 Å². The number of H-pyrrole nitrogens is 1. The van der Waals surface area contributed by atoms with E-state index in [-0.39, 0.29) is 17.0 Å². The number of benzene rings is 2. The highest BCUT2D eigenvalue weighted by Crippen LogP contribution is 2.29. The zero-order valence-corrected chi connectivity index (χ0v) is 13.2. The summed E-state index contributed by atoms with van der Waals surface area (Å²) < 4.78 is 29.5. The highest BCUT2D eigenvalue weighted by atomic mass is 19.3. The van der Waals surface area contributed by atoms with Gasteiger partial charge in [0.1, 0.15) is 11.3 Å². The summed E-state index contributed by atoms with van der Waals surface area (Å²) in [6.07, 6.45) is 0. The molecule has 5 nitrogen and oxygen atoms in total. The van der Waals surface area contributed by atoms with Gasteiger partial charge in [-0.25, -0.2) is 0 Å². The molecule has 1 heterocycles. The van der Waals surface area contributed by atoms with Gasteiger partial charge in [0.15, 0.2) is 0 Å². The summed E-state index contributed by atoms with van der Waals surface area (Å²) in [5.74, 6) is -0.874. The van der Waals surface area contributed by atoms with Crippen LogP contribution in [0.2, 0.25) is 0 Å². The third-order valence-electron chi connectivity index (χ3n) is 3.69. The number of pyridine rings is 1. The summed E-state index contributed by atoms with van der Waals surface area (Å²) in [5.41, 5.74) is 0.539. The Kier molecular flexibility index (Phi) is 4.47. The van der Waals surface area contributed by atoms with Gasteiger partial charge < -0.3 is 15.0 Å². The molecule has 0 unspecified atom stereocenters. The van der Waals surface area contributed by atoms with Gasteiger partial charge >= 0.3 is 6.61 Å². The summed E-state index contributed by atoms with van der Waals surface area (Å²) in [6.45, 7) is -1.39. The van der Waals surface area contributed by atoms with Crippen LogP contribution in [0.25, 0.3) is 10.9 Å². The SMILES string of the molecule is Cc1cccc(OC(F)F)c1NC(=O)c1cc2ccccc2[nH]c1=O. The summed E-state index contributed by atoms with van der Waals surface area (Å²) in [7, 11) is 0. The van der Waals surface area contributed by atoms with Gasteiger partial charge in [-0.3, -0.25) is 9.59 Å². The smallest absolute Gasteiger partial charge is 0.387 e. The normalized spacial score (nSPS) is 10.9. The molecule has 0 aliphatic rings. The molecule has 0 aliphatic heterocycles. The molecule has 128 valence electrons. The summed E-state index contributed by atoms with van der Waals surface area (Å²) in [6, 6.07) is 13.0. The van der Waals surface area contributed by atoms with Crippen LogP contribution in [0.15, 0.2) is 53.3 Å². The topological polar surface area (TPSA) is 71.2 Å². The number of hydrogen-bond donors (Lipinski definition) is 2. The number of anilines is 1. The fourth-order valence-corrected chi connectivity index (χ4v) is 2.49. The molecule has 0 saturated carbocycles. The Bertz CT molecular complexity index is 999. The zero-order valence-electron chi connectivity index (χ0n) is 13.2. The predicted octanol–water partition coefficient (Wildman–Crippen LogP) is 3.69. The number of alkyl halides is 2. The largest absolute Gasteiger partial charge is 0.433 e. The maximum Gasteiger partial charge on any atom is 0.387 e. The summed E-state index contributed by atoms with van der Waals surface area (Å²) >= 11 is 0. The average molecular weight is 344 g/mol. The lowest BCUT2D eigenvalue weighted by Crippen LogP contribution is -2.23. The number of carbonyl (C=O) groups excluding carboxylic acids is 1. The van der Waals surface area contributed by atoms with Crippen molar-refractivity contribution < 1.29 is 18.3 Å². The van der Waals surface area contributed by atoms with Crippen LogP contribution in [-0.2, 0) is 0 Å². The Morgan fingerprint density at radius 2 is 1.92 bits per heavy atom. The van der Waals surface area contributed by atoms with Crippen molar-refractivity contribution in [1.82, 2.24) is 4.98 Å². The molecule has 1 amide bonds. The summed E-state index contributed by atoms with van der Waals surface area (Å²) in [5, 5.41) is 3.17. The van der Waals surface area contributed by atoms with Crippen LogP contribution < -0.4 is 15.6 Å². The molecule has 0 bridgehead atoms. The van der Waals surface area contributed by atoms with Gasteiger partial charge in [0.25, 0.3) is 11.5 Å². The van der Waals surface area contributed by atoms with Crippen LogP contribution in [0.4, 0.5) is 14.5 Å². The first kappa shape index (κ1) is 16.6. The van der Waals surface area contributed by atoms with Gasteiger partial charge in [-0.1, -0.05) is 30.3 Å². The van der Waals surface area contributed by atoms with Gasteiger partial charge in [-0.2, -0.15) is 8.78 Å². The van der Waals surface area contributed by atoms with E-state index in [1.54, 1.807) is 37.3 Å². The van der Waals surface area contributed by atoms with Gasteiger partial charge in [0.2, 0.25) is 0 Å². The van der Waals surface area contributed by atoms with Gasteiger partial charge in [0.05, 0.1) is 5.69 Å². The molecule has 0 atom stereocenters. The second-order valence-electron chi connectivity index (χ2n) is 5.38. The lowest BCUT2D eigenvalue weighted by molar-refractivity contribution is -0.0493. The minimum Gasteiger partial charge on any atom is -0.433 e. The van der Waals surface area contributed by atoms with Crippen molar-refractivity contribution in [2.45, 2.75) is 13.5 Å². The molecule has 3 rings (SSSR count). The van der Waals surface area contributed by atoms with E-state index in [1.165, 1.54) is 18.2 Å². The molecule has 25 heavy (non-hydrogen) atoms. The number of para-hydroxylation sites is 2. The Labute approximate surface area is 141 Å². The van der Waals surface area contributed by atoms with E-state index >= 15 is 0 Å². The van der Waals surface area contributed by atoms with Crippen molar-refractivity contribution in [2.24, 2.45) is 0 Å². The minimum atomic E-state index is -3.03. The second-order valence-corrected chi connectivity index (χ2v) is 5.38. The number of fused-ring (bicyclic) bond motifs is 1. The molecular formula is C18H14F2N2O3. The van der Waals surface area contributed by atoms with Crippen molar-refractivity contribution in [3.05, 3.63) is 70.0 Å². The molecule has 2 aromatic carbocycles. The maximum atomic E-state index is 12.5. The molecule has 7 heteroatoms. The van der Waals surface area contributed by atoms with E-state index in [4.69, 9.17) is 0 Å². The molecule has 0 fully saturated rings. The molecule has 0 spiro atoms. The molecule has 0 radical (unpaired) electrons. The number of carbonyl (C=O) groups is 1. The van der Waals surface area contributed by atoms with Crippen molar-refractivity contribution >= 4 is 22.5 Å². The molecule has 0 aliphatic carbocycles. The number of amides is 1. The third-order valence-corrected chi connectivity index (χ3v) is 3.69. The van der Waals surface area contributed by atoms with Gasteiger partial charge in [-0.05, 0) is 36.1 Å². The first-order valence-corrected chi connectivity index (χ1v) is 7.43. The first-order chi connectivity index (χ1) is 12.0. The van der Waals surface area contributed by atoms with Crippen molar-refractivity contribution in [2.75, 3.05) is 5.32 Å². The minimum absolute atomic E-state index is 0.0976. The fourth-order valence-electron chi connectivity index (χ4n) is 2.49. The second kappa shape index (κ2) is 6.72. The lowest BCUT2D eigenvalue weighted by Gasteiger charge is -2.14. The number of ether oxygens (including phenoxy) is 1.